The maximum absolute atomic E-state index is 11.6. The van der Waals surface area contributed by atoms with E-state index in [4.69, 9.17) is 11.5 Å². The molecule has 8 nitrogen and oxygen atoms in total. The third-order valence-electron chi connectivity index (χ3n) is 2.94. The van der Waals surface area contributed by atoms with Crippen LogP contribution in [-0.2, 0) is 9.47 Å². The van der Waals surface area contributed by atoms with E-state index < -0.39 is 11.9 Å². The summed E-state index contributed by atoms with van der Waals surface area (Å²) < 4.78 is 9.16. The molecule has 2 heterocycles. The molecule has 8 heteroatoms. The fraction of sp³-hybridized carbons (Fsp3) is 0.125. The first-order valence-electron chi connectivity index (χ1n) is 6.67. The standard InChI is InChI=1S/C16H14N4O4/c1-23-15(21)13-12(18)7-9(8-19-13)3-4-10-5-6-11(17)14(20-10)16(22)24-2/h5-8H,17-18H2,1-2H3. The van der Waals surface area contributed by atoms with Crippen LogP contribution in [0.15, 0.2) is 24.4 Å². The molecule has 0 saturated carbocycles. The van der Waals surface area contributed by atoms with Gasteiger partial charge >= 0.3 is 11.9 Å². The summed E-state index contributed by atoms with van der Waals surface area (Å²) in [4.78, 5) is 30.9. The Morgan fingerprint density at radius 2 is 1.67 bits per heavy atom. The number of rotatable bonds is 2. The highest BCUT2D eigenvalue weighted by molar-refractivity contribution is 5.93. The lowest BCUT2D eigenvalue weighted by Gasteiger charge is -2.03. The minimum atomic E-state index is -0.649. The maximum atomic E-state index is 11.6. The number of methoxy groups -OCH3 is 2. The Kier molecular flexibility index (Phi) is 4.96. The molecular formula is C16H14N4O4. The molecule has 0 spiro atoms. The first-order valence-corrected chi connectivity index (χ1v) is 6.67. The van der Waals surface area contributed by atoms with Crippen LogP contribution in [0.1, 0.15) is 32.2 Å². The average molecular weight is 326 g/mol. The van der Waals surface area contributed by atoms with E-state index in [-0.39, 0.29) is 22.8 Å². The SMILES string of the molecule is COC(=O)c1ncc(C#Cc2ccc(N)c(C(=O)OC)n2)cc1N. The highest BCUT2D eigenvalue weighted by Gasteiger charge is 2.13. The van der Waals surface area contributed by atoms with E-state index in [9.17, 15) is 9.59 Å². The van der Waals surface area contributed by atoms with E-state index in [1.165, 1.54) is 32.5 Å². The van der Waals surface area contributed by atoms with Crippen LogP contribution in [-0.4, -0.2) is 36.1 Å². The Morgan fingerprint density at radius 1 is 1.00 bits per heavy atom. The minimum absolute atomic E-state index is 0.0111. The first kappa shape index (κ1) is 16.8. The van der Waals surface area contributed by atoms with Crippen molar-refractivity contribution in [1.29, 1.82) is 0 Å². The van der Waals surface area contributed by atoms with Gasteiger partial charge in [0.15, 0.2) is 11.4 Å². The average Bonchev–Trinajstić information content (AvgIpc) is 2.59. The molecule has 0 bridgehead atoms. The molecule has 0 aliphatic heterocycles. The van der Waals surface area contributed by atoms with Crippen molar-refractivity contribution in [3.8, 4) is 11.8 Å². The molecule has 0 aromatic carbocycles. The quantitative estimate of drug-likeness (QED) is 0.606. The molecule has 122 valence electrons. The highest BCUT2D eigenvalue weighted by atomic mass is 16.5. The number of nitrogens with zero attached hydrogens (tertiary/aromatic N) is 2. The van der Waals surface area contributed by atoms with Crippen LogP contribution >= 0.6 is 0 Å². The Bertz CT molecular complexity index is 868. The number of hydrogen-bond donors (Lipinski definition) is 2. The second kappa shape index (κ2) is 7.11. The Morgan fingerprint density at radius 3 is 2.29 bits per heavy atom. The molecule has 0 aliphatic carbocycles. The zero-order chi connectivity index (χ0) is 17.7. The van der Waals surface area contributed by atoms with Gasteiger partial charge in [0.2, 0.25) is 0 Å². The van der Waals surface area contributed by atoms with Crippen LogP contribution in [0.4, 0.5) is 11.4 Å². The molecule has 2 aromatic rings. The number of ether oxygens (including phenoxy) is 2. The van der Waals surface area contributed by atoms with E-state index in [0.29, 0.717) is 11.3 Å². The van der Waals surface area contributed by atoms with E-state index in [1.54, 1.807) is 6.07 Å². The fourth-order valence-electron chi connectivity index (χ4n) is 1.75. The van der Waals surface area contributed by atoms with Crippen LogP contribution in [0.5, 0.6) is 0 Å². The van der Waals surface area contributed by atoms with Crippen molar-refractivity contribution < 1.29 is 19.1 Å². The smallest absolute Gasteiger partial charge is 0.358 e. The molecule has 0 amide bonds. The van der Waals surface area contributed by atoms with Crippen LogP contribution in [0.25, 0.3) is 0 Å². The highest BCUT2D eigenvalue weighted by Crippen LogP contribution is 2.13. The van der Waals surface area contributed by atoms with Crippen molar-refractivity contribution in [3.05, 3.63) is 47.0 Å². The Balaban J connectivity index is 2.32. The number of esters is 2. The number of nitrogens with two attached hydrogens (primary N) is 2. The van der Waals surface area contributed by atoms with Crippen molar-refractivity contribution in [1.82, 2.24) is 9.97 Å². The number of anilines is 2. The van der Waals surface area contributed by atoms with Gasteiger partial charge in [0.1, 0.15) is 5.69 Å². The van der Waals surface area contributed by atoms with Gasteiger partial charge in [-0.05, 0) is 24.1 Å². The van der Waals surface area contributed by atoms with Crippen molar-refractivity contribution in [2.45, 2.75) is 0 Å². The van der Waals surface area contributed by atoms with Crippen molar-refractivity contribution in [3.63, 3.8) is 0 Å². The minimum Gasteiger partial charge on any atom is -0.464 e. The van der Waals surface area contributed by atoms with Crippen LogP contribution < -0.4 is 11.5 Å². The summed E-state index contributed by atoms with van der Waals surface area (Å²) in [5.74, 6) is 4.27. The van der Waals surface area contributed by atoms with Crippen LogP contribution in [0, 0.1) is 11.8 Å². The molecule has 0 radical (unpaired) electrons. The molecule has 4 N–H and O–H groups in total. The number of aromatic nitrogens is 2. The molecule has 24 heavy (non-hydrogen) atoms. The largest absolute Gasteiger partial charge is 0.464 e. The van der Waals surface area contributed by atoms with Crippen molar-refractivity contribution in [2.24, 2.45) is 0 Å². The molecule has 2 rings (SSSR count). The Labute approximate surface area is 137 Å². The van der Waals surface area contributed by atoms with E-state index in [0.717, 1.165) is 0 Å². The molecule has 0 atom stereocenters. The molecule has 0 unspecified atom stereocenters. The first-order chi connectivity index (χ1) is 11.5. The third-order valence-corrected chi connectivity index (χ3v) is 2.94. The monoisotopic (exact) mass is 326 g/mol. The lowest BCUT2D eigenvalue weighted by molar-refractivity contribution is 0.0586. The van der Waals surface area contributed by atoms with Gasteiger partial charge < -0.3 is 20.9 Å². The lowest BCUT2D eigenvalue weighted by atomic mass is 10.2. The number of pyridine rings is 2. The predicted octanol–water partition coefficient (Wildman–Crippen LogP) is 0.614. The number of carbonyl (C=O) groups is 2. The number of nitrogen functional groups attached to an aromatic ring is 2. The van der Waals surface area contributed by atoms with Gasteiger partial charge in [-0.15, -0.1) is 0 Å². The summed E-state index contributed by atoms with van der Waals surface area (Å²) in [6.45, 7) is 0. The molecular weight excluding hydrogens is 312 g/mol. The molecule has 0 aliphatic rings. The van der Waals surface area contributed by atoms with Gasteiger partial charge in [0, 0.05) is 11.8 Å². The van der Waals surface area contributed by atoms with Gasteiger partial charge in [0.25, 0.3) is 0 Å². The molecule has 0 saturated heterocycles. The zero-order valence-corrected chi connectivity index (χ0v) is 13.0. The van der Waals surface area contributed by atoms with E-state index in [2.05, 4.69) is 31.3 Å². The fourth-order valence-corrected chi connectivity index (χ4v) is 1.75. The van der Waals surface area contributed by atoms with Gasteiger partial charge in [-0.1, -0.05) is 5.92 Å². The number of carbonyl (C=O) groups excluding carboxylic acids is 2. The normalized spacial score (nSPS) is 9.58. The van der Waals surface area contributed by atoms with Gasteiger partial charge in [-0.25, -0.2) is 19.6 Å². The number of hydrogen-bond acceptors (Lipinski definition) is 8. The molecule has 0 fully saturated rings. The van der Waals surface area contributed by atoms with Crippen molar-refractivity contribution in [2.75, 3.05) is 25.7 Å². The summed E-state index contributed by atoms with van der Waals surface area (Å²) in [6, 6.07) is 4.56. The van der Waals surface area contributed by atoms with Crippen molar-refractivity contribution >= 4 is 23.3 Å². The summed E-state index contributed by atoms with van der Waals surface area (Å²) in [7, 11) is 2.47. The second-order valence-corrected chi connectivity index (χ2v) is 4.53. The maximum Gasteiger partial charge on any atom is 0.358 e. The third kappa shape index (κ3) is 3.59. The van der Waals surface area contributed by atoms with E-state index in [1.807, 2.05) is 0 Å². The van der Waals surface area contributed by atoms with Gasteiger partial charge in [-0.2, -0.15) is 0 Å². The Hall–Kier alpha value is -3.60. The summed E-state index contributed by atoms with van der Waals surface area (Å²) >= 11 is 0. The topological polar surface area (TPSA) is 130 Å². The zero-order valence-electron chi connectivity index (χ0n) is 13.0. The van der Waals surface area contributed by atoms with Gasteiger partial charge in [-0.3, -0.25) is 0 Å². The summed E-state index contributed by atoms with van der Waals surface area (Å²) in [5, 5.41) is 0. The summed E-state index contributed by atoms with van der Waals surface area (Å²) in [5.41, 5.74) is 12.6. The van der Waals surface area contributed by atoms with Crippen LogP contribution in [0.3, 0.4) is 0 Å². The van der Waals surface area contributed by atoms with Gasteiger partial charge in [0.05, 0.1) is 25.6 Å². The summed E-state index contributed by atoms with van der Waals surface area (Å²) in [6.07, 6.45) is 1.38. The predicted molar refractivity (Wildman–Crippen MR) is 86.0 cm³/mol. The van der Waals surface area contributed by atoms with E-state index >= 15 is 0 Å². The van der Waals surface area contributed by atoms with Crippen LogP contribution in [0.2, 0.25) is 0 Å². The second-order valence-electron chi connectivity index (χ2n) is 4.53. The molecule has 2 aromatic heterocycles. The lowest BCUT2D eigenvalue weighted by Crippen LogP contribution is -2.09.